The summed E-state index contributed by atoms with van der Waals surface area (Å²) in [6, 6.07) is 4.45. The zero-order valence-corrected chi connectivity index (χ0v) is 17.3. The molecule has 1 aromatic rings. The van der Waals surface area contributed by atoms with Crippen LogP contribution in [0.3, 0.4) is 0 Å². The van der Waals surface area contributed by atoms with Crippen molar-refractivity contribution >= 4 is 27.5 Å². The number of benzene rings is 1. The number of rotatable bonds is 5. The summed E-state index contributed by atoms with van der Waals surface area (Å²) >= 11 is 5.97. The number of hydrogen-bond donors (Lipinski definition) is 1. The minimum atomic E-state index is -3.68. The normalized spacial score (nSPS) is 28.6. The second-order valence-corrected chi connectivity index (χ2v) is 10.8. The summed E-state index contributed by atoms with van der Waals surface area (Å²) in [7, 11) is -3.68. The summed E-state index contributed by atoms with van der Waals surface area (Å²) in [6.07, 6.45) is 5.82. The van der Waals surface area contributed by atoms with Crippen LogP contribution >= 0.6 is 11.6 Å². The van der Waals surface area contributed by atoms with Gasteiger partial charge in [0.15, 0.2) is 0 Å². The number of piperidine rings is 1. The first-order chi connectivity index (χ1) is 13.3. The highest BCUT2D eigenvalue weighted by Gasteiger charge is 2.41. The molecule has 2 aliphatic carbocycles. The quantitative estimate of drug-likeness (QED) is 0.782. The molecule has 8 heteroatoms. The molecule has 3 fully saturated rings. The number of carbonyl (C=O) groups is 1. The van der Waals surface area contributed by atoms with Crippen LogP contribution in [0, 0.1) is 23.6 Å². The van der Waals surface area contributed by atoms with Gasteiger partial charge in [0, 0.05) is 35.6 Å². The fourth-order valence-corrected chi connectivity index (χ4v) is 6.98. The Hall–Kier alpha value is -1.18. The SMILES string of the molecule is O=C(N[C@H]1C[C@H]2CC[C@@H]1C2)C1CCN(S(=O)(=O)Cc2c(F)cccc2Cl)CC1. The van der Waals surface area contributed by atoms with Crippen LogP contribution in [-0.2, 0) is 20.6 Å². The van der Waals surface area contributed by atoms with E-state index in [0.29, 0.717) is 24.8 Å². The Kier molecular flexibility index (Phi) is 5.69. The van der Waals surface area contributed by atoms with E-state index in [0.717, 1.165) is 12.3 Å². The number of sulfonamides is 1. The minimum Gasteiger partial charge on any atom is -0.353 e. The third kappa shape index (κ3) is 4.07. The Bertz CT molecular complexity index is 835. The first-order valence-corrected chi connectivity index (χ1v) is 12.0. The Morgan fingerprint density at radius 1 is 1.18 bits per heavy atom. The second-order valence-electron chi connectivity index (χ2n) is 8.42. The van der Waals surface area contributed by atoms with Crippen molar-refractivity contribution in [1.82, 2.24) is 9.62 Å². The summed E-state index contributed by atoms with van der Waals surface area (Å²) in [4.78, 5) is 12.6. The molecule has 5 nitrogen and oxygen atoms in total. The Morgan fingerprint density at radius 2 is 1.93 bits per heavy atom. The molecule has 2 saturated carbocycles. The summed E-state index contributed by atoms with van der Waals surface area (Å²) in [5.41, 5.74) is 0.000296. The summed E-state index contributed by atoms with van der Waals surface area (Å²) in [5, 5.41) is 3.33. The molecule has 1 amide bonds. The van der Waals surface area contributed by atoms with Crippen LogP contribution in [0.2, 0.25) is 5.02 Å². The smallest absolute Gasteiger partial charge is 0.223 e. The van der Waals surface area contributed by atoms with Gasteiger partial charge in [-0.25, -0.2) is 17.1 Å². The van der Waals surface area contributed by atoms with Crippen LogP contribution in [0.4, 0.5) is 4.39 Å². The van der Waals surface area contributed by atoms with Gasteiger partial charge in [-0.3, -0.25) is 4.79 Å². The van der Waals surface area contributed by atoms with E-state index in [-0.39, 0.29) is 35.5 Å². The Morgan fingerprint density at radius 3 is 2.54 bits per heavy atom. The van der Waals surface area contributed by atoms with E-state index in [4.69, 9.17) is 11.6 Å². The van der Waals surface area contributed by atoms with E-state index in [1.807, 2.05) is 0 Å². The predicted molar refractivity (Wildman–Crippen MR) is 106 cm³/mol. The van der Waals surface area contributed by atoms with Gasteiger partial charge in [0.2, 0.25) is 15.9 Å². The van der Waals surface area contributed by atoms with Gasteiger partial charge in [-0.1, -0.05) is 24.1 Å². The van der Waals surface area contributed by atoms with Gasteiger partial charge in [0.25, 0.3) is 0 Å². The summed E-state index contributed by atoms with van der Waals surface area (Å²) < 4.78 is 40.7. The molecule has 1 heterocycles. The second kappa shape index (κ2) is 7.92. The monoisotopic (exact) mass is 428 g/mol. The molecule has 1 N–H and O–H groups in total. The zero-order valence-electron chi connectivity index (χ0n) is 15.7. The highest BCUT2D eigenvalue weighted by atomic mass is 35.5. The van der Waals surface area contributed by atoms with Crippen LogP contribution < -0.4 is 5.32 Å². The number of nitrogens with one attached hydrogen (secondary N) is 1. The molecule has 0 unspecified atom stereocenters. The maximum Gasteiger partial charge on any atom is 0.223 e. The lowest BCUT2D eigenvalue weighted by Gasteiger charge is -2.32. The molecule has 4 rings (SSSR count). The maximum atomic E-state index is 14.0. The molecule has 1 saturated heterocycles. The first kappa shape index (κ1) is 20.1. The molecule has 2 bridgehead atoms. The van der Waals surface area contributed by atoms with Crippen molar-refractivity contribution in [2.45, 2.75) is 50.3 Å². The van der Waals surface area contributed by atoms with Gasteiger partial charge in [-0.05, 0) is 56.1 Å². The van der Waals surface area contributed by atoms with E-state index in [1.54, 1.807) is 0 Å². The van der Waals surface area contributed by atoms with Crippen LogP contribution in [0.25, 0.3) is 0 Å². The van der Waals surface area contributed by atoms with Crippen molar-refractivity contribution in [1.29, 1.82) is 0 Å². The Balaban J connectivity index is 1.32. The van der Waals surface area contributed by atoms with Crippen molar-refractivity contribution < 1.29 is 17.6 Å². The number of carbonyl (C=O) groups excluding carboxylic acids is 1. The molecule has 1 aliphatic heterocycles. The minimum absolute atomic E-state index is 0.000296. The maximum absolute atomic E-state index is 14.0. The van der Waals surface area contributed by atoms with Gasteiger partial charge in [-0.2, -0.15) is 0 Å². The molecule has 0 spiro atoms. The molecule has 28 heavy (non-hydrogen) atoms. The highest BCUT2D eigenvalue weighted by molar-refractivity contribution is 7.88. The van der Waals surface area contributed by atoms with Gasteiger partial charge in [-0.15, -0.1) is 0 Å². The molecule has 0 radical (unpaired) electrons. The lowest BCUT2D eigenvalue weighted by atomic mass is 9.93. The number of halogens is 2. The fraction of sp³-hybridized carbons (Fsp3) is 0.650. The predicted octanol–water partition coefficient (Wildman–Crippen LogP) is 3.33. The Labute approximate surface area is 170 Å². The average Bonchev–Trinajstić information content (AvgIpc) is 3.28. The third-order valence-electron chi connectivity index (χ3n) is 6.67. The van der Waals surface area contributed by atoms with Crippen molar-refractivity contribution in [2.24, 2.45) is 17.8 Å². The number of fused-ring (bicyclic) bond motifs is 2. The molecule has 3 atom stereocenters. The van der Waals surface area contributed by atoms with Crippen molar-refractivity contribution in [3.63, 3.8) is 0 Å². The topological polar surface area (TPSA) is 66.5 Å². The van der Waals surface area contributed by atoms with E-state index in [9.17, 15) is 17.6 Å². The summed E-state index contributed by atoms with van der Waals surface area (Å²) in [5.74, 6) is 0.235. The fourth-order valence-electron chi connectivity index (χ4n) is 5.06. The molecule has 0 aromatic heterocycles. The standard InChI is InChI=1S/C20H26ClFN2O3S/c21-17-2-1-3-18(22)16(17)12-28(26,27)24-8-6-14(7-9-24)20(25)23-19-11-13-4-5-15(19)10-13/h1-3,13-15,19H,4-12H2,(H,23,25)/t13-,15+,19-/m0/s1. The van der Waals surface area contributed by atoms with Crippen LogP contribution in [0.1, 0.15) is 44.1 Å². The lowest BCUT2D eigenvalue weighted by molar-refractivity contribution is -0.127. The van der Waals surface area contributed by atoms with Crippen LogP contribution in [-0.4, -0.2) is 37.8 Å². The molecule has 3 aliphatic rings. The van der Waals surface area contributed by atoms with Crippen molar-refractivity contribution in [3.8, 4) is 0 Å². The first-order valence-electron chi connectivity index (χ1n) is 10.0. The number of nitrogens with zero attached hydrogens (tertiary/aromatic N) is 1. The van der Waals surface area contributed by atoms with E-state index < -0.39 is 21.6 Å². The van der Waals surface area contributed by atoms with Gasteiger partial charge in [0.1, 0.15) is 5.82 Å². The molecule has 1 aromatic carbocycles. The van der Waals surface area contributed by atoms with Crippen molar-refractivity contribution in [3.05, 3.63) is 34.6 Å². The molecular weight excluding hydrogens is 403 g/mol. The zero-order chi connectivity index (χ0) is 19.9. The van der Waals surface area contributed by atoms with E-state index in [1.165, 1.54) is 41.8 Å². The average molecular weight is 429 g/mol. The van der Waals surface area contributed by atoms with Crippen molar-refractivity contribution in [2.75, 3.05) is 13.1 Å². The van der Waals surface area contributed by atoms with E-state index >= 15 is 0 Å². The number of hydrogen-bond acceptors (Lipinski definition) is 3. The van der Waals surface area contributed by atoms with Gasteiger partial charge in [0.05, 0.1) is 5.75 Å². The van der Waals surface area contributed by atoms with E-state index in [2.05, 4.69) is 5.32 Å². The van der Waals surface area contributed by atoms with Gasteiger partial charge >= 0.3 is 0 Å². The molecular formula is C20H26ClFN2O3S. The highest BCUT2D eigenvalue weighted by Crippen LogP contribution is 2.44. The lowest BCUT2D eigenvalue weighted by Crippen LogP contribution is -2.46. The van der Waals surface area contributed by atoms with Crippen LogP contribution in [0.15, 0.2) is 18.2 Å². The van der Waals surface area contributed by atoms with Gasteiger partial charge < -0.3 is 5.32 Å². The largest absolute Gasteiger partial charge is 0.353 e. The van der Waals surface area contributed by atoms with Crippen LogP contribution in [0.5, 0.6) is 0 Å². The molecule has 154 valence electrons. The number of amides is 1. The summed E-state index contributed by atoms with van der Waals surface area (Å²) in [6.45, 7) is 0.562. The third-order valence-corrected chi connectivity index (χ3v) is 8.83.